The number of rotatable bonds is 5. The molecule has 2 N–H and O–H groups in total. The highest BCUT2D eigenvalue weighted by Gasteiger charge is 2.32. The number of hydrogen-bond donors (Lipinski definition) is 2. The van der Waals surface area contributed by atoms with E-state index in [9.17, 15) is 14.4 Å². The molecule has 0 spiro atoms. The summed E-state index contributed by atoms with van der Waals surface area (Å²) in [5.74, 6) is -0.320. The van der Waals surface area contributed by atoms with Gasteiger partial charge in [-0.05, 0) is 24.1 Å². The van der Waals surface area contributed by atoms with Crippen LogP contribution in [-0.4, -0.2) is 59.9 Å². The monoisotopic (exact) mass is 398 g/mol. The van der Waals surface area contributed by atoms with Crippen molar-refractivity contribution in [2.24, 2.45) is 5.92 Å². The Morgan fingerprint density at radius 1 is 0.966 bits per heavy atom. The Kier molecular flexibility index (Phi) is 6.54. The lowest BCUT2D eigenvalue weighted by Crippen LogP contribution is -2.57. The zero-order valence-electron chi connectivity index (χ0n) is 16.6. The van der Waals surface area contributed by atoms with Crippen molar-refractivity contribution in [3.8, 4) is 0 Å². The molecule has 1 fully saturated rings. The highest BCUT2D eigenvalue weighted by Crippen LogP contribution is 2.13. The van der Waals surface area contributed by atoms with Gasteiger partial charge in [0.2, 0.25) is 5.91 Å². The predicted molar refractivity (Wildman–Crippen MR) is 108 cm³/mol. The number of carbonyl (C=O) groups is 3. The number of amides is 4. The summed E-state index contributed by atoms with van der Waals surface area (Å²) in [7, 11) is 0. The Balaban J connectivity index is 1.55. The first kappa shape index (κ1) is 20.4. The normalized spacial score (nSPS) is 15.1. The number of nitrogens with zero attached hydrogens (tertiary/aromatic N) is 2. The van der Waals surface area contributed by atoms with Gasteiger partial charge in [0.25, 0.3) is 5.91 Å². The molecule has 0 bridgehead atoms. The van der Waals surface area contributed by atoms with E-state index in [4.69, 9.17) is 4.42 Å². The minimum Gasteiger partial charge on any atom is -0.472 e. The highest BCUT2D eigenvalue weighted by atomic mass is 16.3. The molecule has 3 rings (SSSR count). The summed E-state index contributed by atoms with van der Waals surface area (Å²) in [6.45, 7) is 5.52. The molecular weight excluding hydrogens is 372 g/mol. The lowest BCUT2D eigenvalue weighted by atomic mass is 10.0. The van der Waals surface area contributed by atoms with Crippen LogP contribution in [0, 0.1) is 5.92 Å². The zero-order valence-corrected chi connectivity index (χ0v) is 16.6. The number of nitrogens with one attached hydrogen (secondary N) is 2. The van der Waals surface area contributed by atoms with Crippen LogP contribution < -0.4 is 10.6 Å². The van der Waals surface area contributed by atoms with E-state index in [-0.39, 0.29) is 17.7 Å². The van der Waals surface area contributed by atoms with Gasteiger partial charge in [0.1, 0.15) is 12.3 Å². The molecule has 4 amide bonds. The molecule has 29 heavy (non-hydrogen) atoms. The van der Waals surface area contributed by atoms with Crippen molar-refractivity contribution >= 4 is 23.5 Å². The van der Waals surface area contributed by atoms with Gasteiger partial charge in [-0.1, -0.05) is 32.0 Å². The van der Waals surface area contributed by atoms with Crippen LogP contribution in [-0.2, 0) is 4.79 Å². The number of para-hydroxylation sites is 1. The third-order valence-electron chi connectivity index (χ3n) is 4.90. The van der Waals surface area contributed by atoms with Gasteiger partial charge in [0.15, 0.2) is 0 Å². The Bertz CT molecular complexity index is 828. The molecule has 1 atom stereocenters. The van der Waals surface area contributed by atoms with Crippen molar-refractivity contribution in [3.05, 3.63) is 54.5 Å². The molecule has 1 aliphatic heterocycles. The number of hydrogen-bond acceptors (Lipinski definition) is 4. The first-order valence-electron chi connectivity index (χ1n) is 9.68. The number of benzene rings is 1. The molecule has 2 heterocycles. The molecule has 0 radical (unpaired) electrons. The van der Waals surface area contributed by atoms with E-state index in [1.54, 1.807) is 28.0 Å². The van der Waals surface area contributed by atoms with Gasteiger partial charge in [-0.2, -0.15) is 0 Å². The summed E-state index contributed by atoms with van der Waals surface area (Å²) in [5, 5.41) is 5.52. The molecule has 2 aromatic rings. The average Bonchev–Trinajstić information content (AvgIpc) is 3.26. The Hall–Kier alpha value is -3.29. The first-order chi connectivity index (χ1) is 14.0. The fourth-order valence-corrected chi connectivity index (χ4v) is 3.24. The molecule has 1 saturated heterocycles. The maximum Gasteiger partial charge on any atom is 0.319 e. The minimum atomic E-state index is -0.644. The molecule has 1 aromatic carbocycles. The van der Waals surface area contributed by atoms with Crippen molar-refractivity contribution < 1.29 is 18.8 Å². The Morgan fingerprint density at radius 2 is 1.62 bits per heavy atom. The number of piperazine rings is 1. The van der Waals surface area contributed by atoms with E-state index < -0.39 is 12.1 Å². The van der Waals surface area contributed by atoms with Crippen LogP contribution in [0.3, 0.4) is 0 Å². The third-order valence-corrected chi connectivity index (χ3v) is 4.90. The highest BCUT2D eigenvalue weighted by molar-refractivity contribution is 5.95. The average molecular weight is 398 g/mol. The van der Waals surface area contributed by atoms with E-state index in [0.29, 0.717) is 37.4 Å². The minimum absolute atomic E-state index is 0.0744. The lowest BCUT2D eigenvalue weighted by Gasteiger charge is -2.37. The molecule has 0 aliphatic carbocycles. The fraction of sp³-hybridized carbons (Fsp3) is 0.381. The van der Waals surface area contributed by atoms with Gasteiger partial charge in [0, 0.05) is 31.9 Å². The summed E-state index contributed by atoms with van der Waals surface area (Å²) in [5.41, 5.74) is 1.16. The van der Waals surface area contributed by atoms with Gasteiger partial charge in [0.05, 0.1) is 11.8 Å². The Labute approximate surface area is 169 Å². The van der Waals surface area contributed by atoms with Crippen LogP contribution in [0.4, 0.5) is 10.5 Å². The maximum atomic E-state index is 13.0. The van der Waals surface area contributed by atoms with Crippen molar-refractivity contribution in [2.75, 3.05) is 31.5 Å². The van der Waals surface area contributed by atoms with E-state index in [1.807, 2.05) is 32.0 Å². The van der Waals surface area contributed by atoms with Crippen LogP contribution in [0.25, 0.3) is 0 Å². The van der Waals surface area contributed by atoms with Crippen LogP contribution in [0.2, 0.25) is 0 Å². The molecule has 8 heteroatoms. The molecule has 1 aromatic heterocycles. The van der Waals surface area contributed by atoms with Gasteiger partial charge < -0.3 is 24.9 Å². The van der Waals surface area contributed by atoms with Crippen molar-refractivity contribution in [1.82, 2.24) is 15.1 Å². The number of furan rings is 1. The van der Waals surface area contributed by atoms with Crippen LogP contribution in [0.1, 0.15) is 24.2 Å². The standard InChI is InChI=1S/C21H26N4O4/c1-15(2)18(23-21(28)22-17-6-4-3-5-7-17)20(27)25-11-9-24(10-12-25)19(26)16-8-13-29-14-16/h3-8,13-15,18H,9-12H2,1-2H3,(H2,22,23,28). The van der Waals surface area contributed by atoms with Crippen molar-refractivity contribution in [2.45, 2.75) is 19.9 Å². The summed E-state index contributed by atoms with van der Waals surface area (Å²) in [6.07, 6.45) is 2.89. The summed E-state index contributed by atoms with van der Waals surface area (Å²) < 4.78 is 4.96. The van der Waals surface area contributed by atoms with Crippen molar-refractivity contribution in [3.63, 3.8) is 0 Å². The quantitative estimate of drug-likeness (QED) is 0.809. The smallest absolute Gasteiger partial charge is 0.319 e. The topological polar surface area (TPSA) is 94.9 Å². The molecule has 1 aliphatic rings. The number of anilines is 1. The lowest BCUT2D eigenvalue weighted by molar-refractivity contribution is -0.135. The van der Waals surface area contributed by atoms with Gasteiger partial charge >= 0.3 is 6.03 Å². The molecule has 154 valence electrons. The van der Waals surface area contributed by atoms with Gasteiger partial charge in [-0.3, -0.25) is 9.59 Å². The van der Waals surface area contributed by atoms with E-state index in [2.05, 4.69) is 10.6 Å². The van der Waals surface area contributed by atoms with Crippen LogP contribution in [0.5, 0.6) is 0 Å². The molecule has 1 unspecified atom stereocenters. The summed E-state index contributed by atoms with van der Waals surface area (Å²) in [6, 6.07) is 9.64. The second-order valence-electron chi connectivity index (χ2n) is 7.32. The van der Waals surface area contributed by atoms with E-state index >= 15 is 0 Å². The summed E-state index contributed by atoms with van der Waals surface area (Å²) in [4.78, 5) is 41.1. The van der Waals surface area contributed by atoms with E-state index in [1.165, 1.54) is 12.5 Å². The zero-order chi connectivity index (χ0) is 20.8. The second-order valence-corrected chi connectivity index (χ2v) is 7.32. The SMILES string of the molecule is CC(C)C(NC(=O)Nc1ccccc1)C(=O)N1CCN(C(=O)c2ccoc2)CC1. The third kappa shape index (κ3) is 5.16. The summed E-state index contributed by atoms with van der Waals surface area (Å²) >= 11 is 0. The molecule has 0 saturated carbocycles. The maximum absolute atomic E-state index is 13.0. The number of urea groups is 1. The number of carbonyl (C=O) groups excluding carboxylic acids is 3. The van der Waals surface area contributed by atoms with E-state index in [0.717, 1.165) is 0 Å². The van der Waals surface area contributed by atoms with Crippen LogP contribution in [0.15, 0.2) is 53.3 Å². The molecule has 8 nitrogen and oxygen atoms in total. The fourth-order valence-electron chi connectivity index (χ4n) is 3.24. The van der Waals surface area contributed by atoms with Gasteiger partial charge in [-0.15, -0.1) is 0 Å². The van der Waals surface area contributed by atoms with Crippen LogP contribution >= 0.6 is 0 Å². The first-order valence-corrected chi connectivity index (χ1v) is 9.68. The second kappa shape index (κ2) is 9.27. The van der Waals surface area contributed by atoms with Gasteiger partial charge in [-0.25, -0.2) is 4.79 Å². The van der Waals surface area contributed by atoms with Crippen molar-refractivity contribution in [1.29, 1.82) is 0 Å². The predicted octanol–water partition coefficient (Wildman–Crippen LogP) is 2.41. The Morgan fingerprint density at radius 3 is 2.21 bits per heavy atom. The largest absolute Gasteiger partial charge is 0.472 e. The molecular formula is C21H26N4O4.